The van der Waals surface area contributed by atoms with Crippen LogP contribution in [0, 0.1) is 11.7 Å². The highest BCUT2D eigenvalue weighted by Crippen LogP contribution is 2.53. The predicted molar refractivity (Wildman–Crippen MR) is 112 cm³/mol. The van der Waals surface area contributed by atoms with Crippen molar-refractivity contribution < 1.29 is 45.0 Å². The molecule has 14 heteroatoms. The molecule has 0 spiro atoms. The number of carbonyl (C=O) groups excluding carboxylic acids is 1. The van der Waals surface area contributed by atoms with Gasteiger partial charge < -0.3 is 20.5 Å². The standard InChI is InChI=1S/C22H19F7N4O3/c23-9-21(14-6-20(25,26)7-17(14)36-19(30)33-21)13-5-11(1-3-15(13)24)32-18(34)16-4-2-12(8-31-16)35-10-22(27,28)29/h1-5,8,14,17H,6-7,9-10H2,(H2,30,33)(H,32,34)/t14-,17+,21+/m0/s1. The van der Waals surface area contributed by atoms with Crippen LogP contribution in [0.2, 0.25) is 0 Å². The zero-order valence-electron chi connectivity index (χ0n) is 18.3. The summed E-state index contributed by atoms with van der Waals surface area (Å²) in [4.78, 5) is 20.2. The third-order valence-corrected chi connectivity index (χ3v) is 5.93. The van der Waals surface area contributed by atoms with Gasteiger partial charge in [-0.15, -0.1) is 0 Å². The number of rotatable bonds is 6. The van der Waals surface area contributed by atoms with E-state index in [-0.39, 0.29) is 17.1 Å². The summed E-state index contributed by atoms with van der Waals surface area (Å²) in [6, 6.07) is 4.76. The molecular weight excluding hydrogens is 501 g/mol. The van der Waals surface area contributed by atoms with E-state index < -0.39 is 79.1 Å². The molecule has 0 saturated heterocycles. The number of pyridine rings is 1. The molecule has 7 nitrogen and oxygen atoms in total. The molecule has 36 heavy (non-hydrogen) atoms. The number of fused-ring (bicyclic) bond motifs is 1. The van der Waals surface area contributed by atoms with Crippen molar-refractivity contribution in [3.8, 4) is 5.75 Å². The Morgan fingerprint density at radius 2 is 1.97 bits per heavy atom. The predicted octanol–water partition coefficient (Wildman–Crippen LogP) is 4.34. The number of carbonyl (C=O) groups is 1. The van der Waals surface area contributed by atoms with Gasteiger partial charge in [-0.25, -0.2) is 27.5 Å². The van der Waals surface area contributed by atoms with E-state index in [1.807, 2.05) is 0 Å². The van der Waals surface area contributed by atoms with Crippen LogP contribution >= 0.6 is 0 Å². The highest BCUT2D eigenvalue weighted by molar-refractivity contribution is 6.02. The normalized spacial score (nSPS) is 24.9. The van der Waals surface area contributed by atoms with Gasteiger partial charge in [0.15, 0.2) is 6.61 Å². The molecule has 3 N–H and O–H groups in total. The molecule has 1 aliphatic heterocycles. The summed E-state index contributed by atoms with van der Waals surface area (Å²) in [5.74, 6) is -6.43. The molecule has 1 aromatic heterocycles. The Balaban J connectivity index is 1.58. The molecule has 1 amide bonds. The first-order valence-electron chi connectivity index (χ1n) is 10.5. The molecule has 1 aliphatic carbocycles. The molecule has 0 radical (unpaired) electrons. The fraction of sp³-hybridized carbons (Fsp3) is 0.409. The Labute approximate surface area is 199 Å². The first kappa shape index (κ1) is 25.5. The van der Waals surface area contributed by atoms with Crippen LogP contribution in [-0.2, 0) is 10.3 Å². The summed E-state index contributed by atoms with van der Waals surface area (Å²) in [7, 11) is 0. The second-order valence-electron chi connectivity index (χ2n) is 8.47. The average Bonchev–Trinajstić information content (AvgIpc) is 3.12. The molecule has 194 valence electrons. The van der Waals surface area contributed by atoms with E-state index in [2.05, 4.69) is 20.0 Å². The minimum Gasteiger partial charge on any atom is -0.483 e. The largest absolute Gasteiger partial charge is 0.483 e. The monoisotopic (exact) mass is 520 g/mol. The van der Waals surface area contributed by atoms with Gasteiger partial charge in [-0.05, 0) is 30.3 Å². The SMILES string of the molecule is NC1=N[C@](CF)(c2cc(NC(=O)c3ccc(OCC(F)(F)F)cn3)ccc2F)[C@H]2CC(F)(F)C[C@H]2O1. The van der Waals surface area contributed by atoms with Gasteiger partial charge in [0.1, 0.15) is 35.6 Å². The quantitative estimate of drug-likeness (QED) is 0.553. The van der Waals surface area contributed by atoms with E-state index >= 15 is 0 Å². The number of nitrogens with two attached hydrogens (primary N) is 1. The Morgan fingerprint density at radius 3 is 2.61 bits per heavy atom. The fourth-order valence-corrected chi connectivity index (χ4v) is 4.39. The minimum absolute atomic E-state index is 0.0370. The topological polar surface area (TPSA) is 98.8 Å². The summed E-state index contributed by atoms with van der Waals surface area (Å²) in [5, 5.41) is 2.40. The van der Waals surface area contributed by atoms with Crippen molar-refractivity contribution in [2.45, 2.75) is 36.6 Å². The molecular formula is C22H19F7N4O3. The molecule has 2 aliphatic rings. The Bertz CT molecular complexity index is 1170. The zero-order chi connectivity index (χ0) is 26.3. The van der Waals surface area contributed by atoms with Gasteiger partial charge in [-0.2, -0.15) is 13.2 Å². The number of aromatic nitrogens is 1. The van der Waals surface area contributed by atoms with E-state index in [0.717, 1.165) is 36.5 Å². The summed E-state index contributed by atoms with van der Waals surface area (Å²) in [5.41, 5.74) is 2.86. The second kappa shape index (κ2) is 9.13. The highest BCUT2D eigenvalue weighted by atomic mass is 19.4. The second-order valence-corrected chi connectivity index (χ2v) is 8.47. The molecule has 1 aromatic carbocycles. The van der Waals surface area contributed by atoms with E-state index in [1.165, 1.54) is 0 Å². The van der Waals surface area contributed by atoms with E-state index in [9.17, 15) is 35.5 Å². The lowest BCUT2D eigenvalue weighted by Gasteiger charge is -2.40. The Morgan fingerprint density at radius 1 is 1.22 bits per heavy atom. The molecule has 4 rings (SSSR count). The van der Waals surface area contributed by atoms with Crippen molar-refractivity contribution >= 4 is 17.6 Å². The van der Waals surface area contributed by atoms with Crippen LogP contribution in [0.4, 0.5) is 36.4 Å². The fourth-order valence-electron chi connectivity index (χ4n) is 4.39. The Kier molecular flexibility index (Phi) is 6.47. The first-order valence-corrected chi connectivity index (χ1v) is 10.5. The van der Waals surface area contributed by atoms with E-state index in [4.69, 9.17) is 10.5 Å². The zero-order valence-corrected chi connectivity index (χ0v) is 18.3. The minimum atomic E-state index is -4.55. The van der Waals surface area contributed by atoms with Crippen LogP contribution in [0.1, 0.15) is 28.9 Å². The number of ether oxygens (including phenoxy) is 2. The maximum absolute atomic E-state index is 14.9. The van der Waals surface area contributed by atoms with Crippen molar-refractivity contribution in [3.63, 3.8) is 0 Å². The van der Waals surface area contributed by atoms with Crippen molar-refractivity contribution in [1.29, 1.82) is 0 Å². The summed E-state index contributed by atoms with van der Waals surface area (Å²) in [6.07, 6.45) is -6.37. The van der Waals surface area contributed by atoms with Crippen LogP contribution in [-0.4, -0.2) is 48.4 Å². The van der Waals surface area contributed by atoms with Gasteiger partial charge in [0, 0.05) is 30.0 Å². The maximum atomic E-state index is 14.9. The van der Waals surface area contributed by atoms with E-state index in [0.29, 0.717) is 0 Å². The molecule has 2 heterocycles. The van der Waals surface area contributed by atoms with Gasteiger partial charge in [0.2, 0.25) is 0 Å². The van der Waals surface area contributed by atoms with Gasteiger partial charge in [0.25, 0.3) is 17.9 Å². The lowest BCUT2D eigenvalue weighted by molar-refractivity contribution is -0.153. The number of halogens is 7. The highest BCUT2D eigenvalue weighted by Gasteiger charge is 2.60. The van der Waals surface area contributed by atoms with Gasteiger partial charge >= 0.3 is 6.18 Å². The third kappa shape index (κ3) is 5.16. The number of nitrogens with one attached hydrogen (secondary N) is 1. The van der Waals surface area contributed by atoms with Crippen LogP contribution in [0.15, 0.2) is 41.5 Å². The van der Waals surface area contributed by atoms with Crippen molar-refractivity contribution in [3.05, 3.63) is 53.6 Å². The van der Waals surface area contributed by atoms with Crippen molar-refractivity contribution in [1.82, 2.24) is 4.98 Å². The number of hydrogen-bond acceptors (Lipinski definition) is 6. The molecule has 2 aromatic rings. The summed E-state index contributed by atoms with van der Waals surface area (Å²) >= 11 is 0. The van der Waals surface area contributed by atoms with Crippen LogP contribution < -0.4 is 15.8 Å². The van der Waals surface area contributed by atoms with Crippen molar-refractivity contribution in [2.24, 2.45) is 16.6 Å². The number of alkyl halides is 6. The summed E-state index contributed by atoms with van der Waals surface area (Å²) in [6.45, 7) is -2.90. The van der Waals surface area contributed by atoms with Gasteiger partial charge in [-0.3, -0.25) is 4.79 Å². The first-order chi connectivity index (χ1) is 16.8. The number of amides is 1. The van der Waals surface area contributed by atoms with Crippen molar-refractivity contribution in [2.75, 3.05) is 18.6 Å². The number of aliphatic imine (C=N–C) groups is 1. The van der Waals surface area contributed by atoms with Crippen LogP contribution in [0.3, 0.4) is 0 Å². The lowest BCUT2D eigenvalue weighted by Crippen LogP contribution is -2.48. The maximum Gasteiger partial charge on any atom is 0.422 e. The number of hydrogen-bond donors (Lipinski definition) is 2. The molecule has 3 atom stereocenters. The average molecular weight is 520 g/mol. The molecule has 0 bridgehead atoms. The number of benzene rings is 1. The molecule has 1 fully saturated rings. The van der Waals surface area contributed by atoms with E-state index in [1.54, 1.807) is 0 Å². The van der Waals surface area contributed by atoms with Crippen LogP contribution in [0.5, 0.6) is 5.75 Å². The van der Waals surface area contributed by atoms with Crippen LogP contribution in [0.25, 0.3) is 0 Å². The number of nitrogens with zero attached hydrogens (tertiary/aromatic N) is 2. The smallest absolute Gasteiger partial charge is 0.422 e. The lowest BCUT2D eigenvalue weighted by atomic mass is 9.76. The Hall–Kier alpha value is -3.58. The number of amidine groups is 1. The van der Waals surface area contributed by atoms with Gasteiger partial charge in [-0.1, -0.05) is 0 Å². The molecule has 0 unspecified atom stereocenters. The molecule has 1 saturated carbocycles. The van der Waals surface area contributed by atoms with Gasteiger partial charge in [0.05, 0.1) is 6.20 Å². The summed E-state index contributed by atoms with van der Waals surface area (Å²) < 4.78 is 104. The third-order valence-electron chi connectivity index (χ3n) is 5.93. The number of anilines is 1.